The first-order valence-corrected chi connectivity index (χ1v) is 8.09. The average Bonchev–Trinajstić information content (AvgIpc) is 2.55. The first kappa shape index (κ1) is 23.2. The predicted molar refractivity (Wildman–Crippen MR) is 87.2 cm³/mol. The standard InChI is InChI=1S/C11H10F4O3.C6H15N/c1-2-9(10(16)17)18-6-3-4-8(12)7(5-6)11(13,14)15;1-4-7(5-2)6-3/h3-5,9H,2H2,1H3,(H,16,17);4-6H2,1-3H3/t9-;/m0./s1. The van der Waals surface area contributed by atoms with Crippen molar-refractivity contribution in [3.63, 3.8) is 0 Å². The van der Waals surface area contributed by atoms with Crippen molar-refractivity contribution in [2.75, 3.05) is 19.6 Å². The highest BCUT2D eigenvalue weighted by Crippen LogP contribution is 2.33. The molecule has 0 radical (unpaired) electrons. The van der Waals surface area contributed by atoms with Gasteiger partial charge in [0, 0.05) is 0 Å². The number of carboxylic acids is 1. The van der Waals surface area contributed by atoms with Crippen LogP contribution in [0.1, 0.15) is 39.7 Å². The Morgan fingerprint density at radius 3 is 2.00 bits per heavy atom. The number of nitrogens with zero attached hydrogens (tertiary/aromatic N) is 1. The zero-order valence-electron chi connectivity index (χ0n) is 14.9. The topological polar surface area (TPSA) is 49.8 Å². The lowest BCUT2D eigenvalue weighted by Crippen LogP contribution is -2.26. The molecule has 1 atom stereocenters. The van der Waals surface area contributed by atoms with E-state index in [0.29, 0.717) is 12.1 Å². The maximum absolute atomic E-state index is 13.0. The highest BCUT2D eigenvalue weighted by atomic mass is 19.4. The Balaban J connectivity index is 0.000000697. The van der Waals surface area contributed by atoms with Crippen LogP contribution < -0.4 is 4.74 Å². The van der Waals surface area contributed by atoms with E-state index in [2.05, 4.69) is 25.7 Å². The SMILES string of the molecule is CCN(CC)CC.CC[C@H](Oc1ccc(F)c(C(F)(F)F)c1)C(=O)O. The lowest BCUT2D eigenvalue weighted by atomic mass is 10.2. The van der Waals surface area contributed by atoms with Crippen LogP contribution in [-0.4, -0.2) is 41.7 Å². The third-order valence-corrected chi connectivity index (χ3v) is 3.51. The summed E-state index contributed by atoms with van der Waals surface area (Å²) < 4.78 is 55.0. The van der Waals surface area contributed by atoms with Crippen molar-refractivity contribution >= 4 is 5.97 Å². The van der Waals surface area contributed by atoms with Crippen LogP contribution in [0.2, 0.25) is 0 Å². The van der Waals surface area contributed by atoms with Crippen molar-refractivity contribution in [1.29, 1.82) is 0 Å². The Morgan fingerprint density at radius 1 is 1.16 bits per heavy atom. The molecule has 0 bridgehead atoms. The lowest BCUT2D eigenvalue weighted by Gasteiger charge is -2.15. The van der Waals surface area contributed by atoms with Gasteiger partial charge in [0.25, 0.3) is 0 Å². The number of carboxylic acid groups (broad SMARTS) is 1. The van der Waals surface area contributed by atoms with E-state index in [1.807, 2.05) is 0 Å². The first-order chi connectivity index (χ1) is 11.6. The Morgan fingerprint density at radius 2 is 1.68 bits per heavy atom. The van der Waals surface area contributed by atoms with Crippen molar-refractivity contribution in [3.8, 4) is 5.75 Å². The first-order valence-electron chi connectivity index (χ1n) is 8.09. The summed E-state index contributed by atoms with van der Waals surface area (Å²) >= 11 is 0. The molecule has 0 saturated carbocycles. The van der Waals surface area contributed by atoms with E-state index in [4.69, 9.17) is 9.84 Å². The molecule has 0 aliphatic rings. The van der Waals surface area contributed by atoms with Gasteiger partial charge in [0.15, 0.2) is 6.10 Å². The molecular weight excluding hydrogens is 342 g/mol. The van der Waals surface area contributed by atoms with Gasteiger partial charge in [-0.15, -0.1) is 0 Å². The van der Waals surface area contributed by atoms with Gasteiger partial charge < -0.3 is 14.7 Å². The van der Waals surface area contributed by atoms with Crippen LogP contribution >= 0.6 is 0 Å². The van der Waals surface area contributed by atoms with Crippen molar-refractivity contribution in [3.05, 3.63) is 29.6 Å². The van der Waals surface area contributed by atoms with Gasteiger partial charge in [0.2, 0.25) is 0 Å². The van der Waals surface area contributed by atoms with Crippen molar-refractivity contribution in [2.24, 2.45) is 0 Å². The number of benzene rings is 1. The van der Waals surface area contributed by atoms with Crippen molar-refractivity contribution in [1.82, 2.24) is 4.90 Å². The van der Waals surface area contributed by atoms with Crippen LogP contribution in [0.3, 0.4) is 0 Å². The zero-order valence-corrected chi connectivity index (χ0v) is 14.9. The molecule has 1 aromatic rings. The smallest absolute Gasteiger partial charge is 0.419 e. The van der Waals surface area contributed by atoms with Crippen LogP contribution in [-0.2, 0) is 11.0 Å². The summed E-state index contributed by atoms with van der Waals surface area (Å²) in [6.07, 6.45) is -6.04. The molecule has 0 saturated heterocycles. The summed E-state index contributed by atoms with van der Waals surface area (Å²) in [5.74, 6) is -3.06. The molecule has 0 aliphatic carbocycles. The van der Waals surface area contributed by atoms with Gasteiger partial charge in [-0.1, -0.05) is 27.7 Å². The third-order valence-electron chi connectivity index (χ3n) is 3.51. The number of aliphatic carboxylic acids is 1. The van der Waals surface area contributed by atoms with E-state index in [9.17, 15) is 22.4 Å². The van der Waals surface area contributed by atoms with E-state index in [1.54, 1.807) is 0 Å². The number of halogens is 4. The molecule has 0 fully saturated rings. The molecule has 8 heteroatoms. The van der Waals surface area contributed by atoms with Gasteiger partial charge in [-0.05, 0) is 44.3 Å². The fourth-order valence-corrected chi connectivity index (χ4v) is 1.94. The van der Waals surface area contributed by atoms with Crippen molar-refractivity contribution in [2.45, 2.75) is 46.4 Å². The van der Waals surface area contributed by atoms with Crippen molar-refractivity contribution < 1.29 is 32.2 Å². The van der Waals surface area contributed by atoms with Gasteiger partial charge in [-0.3, -0.25) is 0 Å². The monoisotopic (exact) mass is 367 g/mol. The Hall–Kier alpha value is -1.83. The molecule has 4 nitrogen and oxygen atoms in total. The summed E-state index contributed by atoms with van der Waals surface area (Å²) in [6.45, 7) is 11.6. The molecule has 0 aromatic heterocycles. The maximum Gasteiger partial charge on any atom is 0.419 e. The van der Waals surface area contributed by atoms with Gasteiger partial charge in [-0.2, -0.15) is 13.2 Å². The fourth-order valence-electron chi connectivity index (χ4n) is 1.94. The molecule has 0 aliphatic heterocycles. The van der Waals surface area contributed by atoms with E-state index >= 15 is 0 Å². The molecule has 0 amide bonds. The predicted octanol–water partition coefficient (Wildman–Crippen LogP) is 4.43. The normalized spacial score (nSPS) is 12.4. The van der Waals surface area contributed by atoms with E-state index < -0.39 is 29.6 Å². The number of rotatable bonds is 7. The van der Waals surface area contributed by atoms with Crippen LogP contribution in [0.5, 0.6) is 5.75 Å². The molecule has 25 heavy (non-hydrogen) atoms. The summed E-state index contributed by atoms with van der Waals surface area (Å²) in [7, 11) is 0. The van der Waals surface area contributed by atoms with Crippen LogP contribution in [0.4, 0.5) is 17.6 Å². The van der Waals surface area contributed by atoms with Crippen LogP contribution in [0, 0.1) is 5.82 Å². The average molecular weight is 367 g/mol. The molecule has 0 heterocycles. The second kappa shape index (κ2) is 10.9. The van der Waals surface area contributed by atoms with Gasteiger partial charge in [0.1, 0.15) is 11.6 Å². The van der Waals surface area contributed by atoms with E-state index in [0.717, 1.165) is 6.07 Å². The molecule has 1 rings (SSSR count). The highest BCUT2D eigenvalue weighted by Gasteiger charge is 2.34. The number of alkyl halides is 3. The van der Waals surface area contributed by atoms with E-state index in [1.165, 1.54) is 26.6 Å². The minimum atomic E-state index is -4.85. The summed E-state index contributed by atoms with van der Waals surface area (Å²) in [4.78, 5) is 13.0. The number of hydrogen-bond acceptors (Lipinski definition) is 3. The summed E-state index contributed by atoms with van der Waals surface area (Å²) in [6, 6.07) is 1.99. The van der Waals surface area contributed by atoms with E-state index in [-0.39, 0.29) is 12.2 Å². The Bertz CT molecular complexity index is 526. The summed E-state index contributed by atoms with van der Waals surface area (Å²) in [5.41, 5.74) is -1.49. The minimum absolute atomic E-state index is 0.0774. The molecule has 1 aromatic carbocycles. The molecule has 0 spiro atoms. The molecule has 1 N–H and O–H groups in total. The number of ether oxygens (including phenoxy) is 1. The Kier molecular flexibility index (Phi) is 10.1. The third kappa shape index (κ3) is 8.20. The maximum atomic E-state index is 13.0. The van der Waals surface area contributed by atoms with Gasteiger partial charge in [-0.25, -0.2) is 9.18 Å². The minimum Gasteiger partial charge on any atom is -0.479 e. The van der Waals surface area contributed by atoms with Gasteiger partial charge in [0.05, 0.1) is 5.56 Å². The molecule has 0 unspecified atom stereocenters. The lowest BCUT2D eigenvalue weighted by molar-refractivity contribution is -0.145. The van der Waals surface area contributed by atoms with Gasteiger partial charge >= 0.3 is 12.1 Å². The number of carbonyl (C=O) groups is 1. The largest absolute Gasteiger partial charge is 0.479 e. The quantitative estimate of drug-likeness (QED) is 0.724. The summed E-state index contributed by atoms with van der Waals surface area (Å²) in [5, 5.41) is 8.70. The van der Waals surface area contributed by atoms with Crippen LogP contribution in [0.15, 0.2) is 18.2 Å². The number of hydrogen-bond donors (Lipinski definition) is 1. The van der Waals surface area contributed by atoms with Crippen LogP contribution in [0.25, 0.3) is 0 Å². The zero-order chi connectivity index (χ0) is 19.6. The highest BCUT2D eigenvalue weighted by molar-refractivity contribution is 5.72. The Labute approximate surface area is 145 Å². The second-order valence-electron chi connectivity index (χ2n) is 5.11. The fraction of sp³-hybridized carbons (Fsp3) is 0.588. The molecular formula is C17H25F4NO3. The second-order valence-corrected chi connectivity index (χ2v) is 5.11. The molecule has 144 valence electrons.